The van der Waals surface area contributed by atoms with Crippen LogP contribution in [0.3, 0.4) is 0 Å². The number of hydrogen-bond donors (Lipinski definition) is 2. The molecule has 1 atom stereocenters. The quantitative estimate of drug-likeness (QED) is 0.580. The number of amides is 1. The number of ether oxygens (including phenoxy) is 1. The molecule has 0 aliphatic rings. The number of benzene rings is 2. The maximum atomic E-state index is 13.7. The zero-order valence-corrected chi connectivity index (χ0v) is 14.8. The molecule has 1 unspecified atom stereocenters. The van der Waals surface area contributed by atoms with Gasteiger partial charge in [-0.25, -0.2) is 4.39 Å². The molecule has 1 amide bonds. The lowest BCUT2D eigenvalue weighted by Gasteiger charge is -2.15. The third kappa shape index (κ3) is 5.00. The Hall–Kier alpha value is -3.00. The minimum Gasteiger partial charge on any atom is -0.494 e. The van der Waals surface area contributed by atoms with Gasteiger partial charge in [0, 0.05) is 23.4 Å². The van der Waals surface area contributed by atoms with E-state index in [-0.39, 0.29) is 23.9 Å². The number of anilines is 1. The molecule has 2 aromatic rings. The summed E-state index contributed by atoms with van der Waals surface area (Å²) < 4.78 is 18.6. The van der Waals surface area contributed by atoms with E-state index in [1.54, 1.807) is 19.1 Å². The van der Waals surface area contributed by atoms with Crippen molar-refractivity contribution in [2.24, 2.45) is 0 Å². The number of rotatable bonds is 7. The fourth-order valence-corrected chi connectivity index (χ4v) is 2.60. The predicted molar refractivity (Wildman–Crippen MR) is 94.9 cm³/mol. The number of nitro groups is 1. The number of nitrogens with one attached hydrogen (secondary N) is 2. The summed E-state index contributed by atoms with van der Waals surface area (Å²) in [6.07, 6.45) is 0. The Kier molecular flexibility index (Phi) is 6.24. The van der Waals surface area contributed by atoms with Gasteiger partial charge in [-0.15, -0.1) is 0 Å². The summed E-state index contributed by atoms with van der Waals surface area (Å²) in [5.41, 5.74) is 1.87. The van der Waals surface area contributed by atoms with Gasteiger partial charge in [0.05, 0.1) is 19.1 Å². The molecule has 0 fully saturated rings. The molecular formula is C18H21FN3O4+. The fourth-order valence-electron chi connectivity index (χ4n) is 2.60. The Labute approximate surface area is 150 Å². The number of carbonyl (C=O) groups excluding carboxylic acids is 1. The molecule has 0 aliphatic carbocycles. The molecule has 0 radical (unpaired) electrons. The predicted octanol–water partition coefficient (Wildman–Crippen LogP) is 1.70. The summed E-state index contributed by atoms with van der Waals surface area (Å²) >= 11 is 0. The van der Waals surface area contributed by atoms with Crippen LogP contribution in [0.1, 0.15) is 11.1 Å². The van der Waals surface area contributed by atoms with Crippen molar-refractivity contribution in [3.05, 3.63) is 63.5 Å². The highest BCUT2D eigenvalue weighted by molar-refractivity contribution is 5.92. The zero-order chi connectivity index (χ0) is 19.3. The number of hydrogen-bond acceptors (Lipinski definition) is 4. The third-order valence-corrected chi connectivity index (χ3v) is 3.88. The van der Waals surface area contributed by atoms with E-state index < -0.39 is 10.7 Å². The number of quaternary nitrogens is 1. The first-order valence-electron chi connectivity index (χ1n) is 7.98. The van der Waals surface area contributed by atoms with E-state index in [0.29, 0.717) is 17.8 Å². The van der Waals surface area contributed by atoms with Gasteiger partial charge in [-0.2, -0.15) is 0 Å². The molecule has 138 valence electrons. The molecule has 0 spiro atoms. The number of aryl methyl sites for hydroxylation is 1. The van der Waals surface area contributed by atoms with Crippen molar-refractivity contribution in [2.75, 3.05) is 26.0 Å². The molecule has 0 aliphatic heterocycles. The maximum absolute atomic E-state index is 13.7. The topological polar surface area (TPSA) is 85.9 Å². The van der Waals surface area contributed by atoms with Crippen LogP contribution in [0.5, 0.6) is 5.75 Å². The molecule has 0 saturated heterocycles. The maximum Gasteiger partial charge on any atom is 0.279 e. The van der Waals surface area contributed by atoms with Crippen LogP contribution in [0, 0.1) is 22.9 Å². The largest absolute Gasteiger partial charge is 0.494 e. The van der Waals surface area contributed by atoms with E-state index in [0.717, 1.165) is 10.5 Å². The lowest BCUT2D eigenvalue weighted by Crippen LogP contribution is -3.08. The van der Waals surface area contributed by atoms with Crippen LogP contribution in [0.4, 0.5) is 15.8 Å². The molecule has 0 aromatic heterocycles. The molecule has 2 aromatic carbocycles. The van der Waals surface area contributed by atoms with Crippen LogP contribution in [-0.2, 0) is 11.3 Å². The molecule has 2 N–H and O–H groups in total. The second-order valence-corrected chi connectivity index (χ2v) is 6.08. The van der Waals surface area contributed by atoms with Crippen molar-refractivity contribution in [2.45, 2.75) is 13.5 Å². The molecule has 7 nitrogen and oxygen atoms in total. The van der Waals surface area contributed by atoms with Crippen LogP contribution in [0.2, 0.25) is 0 Å². The Balaban J connectivity index is 1.95. The van der Waals surface area contributed by atoms with Gasteiger partial charge in [-0.05, 0) is 36.8 Å². The average Bonchev–Trinajstić information content (AvgIpc) is 2.56. The normalized spacial score (nSPS) is 11.7. The van der Waals surface area contributed by atoms with Gasteiger partial charge in [-0.1, -0.05) is 0 Å². The van der Waals surface area contributed by atoms with Crippen molar-refractivity contribution >= 4 is 17.3 Å². The standard InChI is InChI=1S/C18H20FN3O4/c1-12-8-14(22(24)25)5-6-16(12)20-18(23)11-21(2)10-13-4-7-17(26-3)15(19)9-13/h4-9H,10-11H2,1-3H3,(H,20,23)/p+1. The first-order chi connectivity index (χ1) is 12.3. The summed E-state index contributed by atoms with van der Waals surface area (Å²) in [5, 5.41) is 13.5. The Bertz CT molecular complexity index is 826. The summed E-state index contributed by atoms with van der Waals surface area (Å²) in [6.45, 7) is 2.33. The van der Waals surface area contributed by atoms with Crippen molar-refractivity contribution in [1.82, 2.24) is 0 Å². The number of nitrogens with zero attached hydrogens (tertiary/aromatic N) is 1. The Morgan fingerprint density at radius 2 is 2.04 bits per heavy atom. The van der Waals surface area contributed by atoms with E-state index in [1.807, 2.05) is 7.05 Å². The van der Waals surface area contributed by atoms with Crippen LogP contribution < -0.4 is 15.0 Å². The SMILES string of the molecule is COc1ccc(C[NH+](C)CC(=O)Nc2ccc([N+](=O)[O-])cc2C)cc1F. The highest BCUT2D eigenvalue weighted by Gasteiger charge is 2.14. The zero-order valence-electron chi connectivity index (χ0n) is 14.8. The summed E-state index contributed by atoms with van der Waals surface area (Å²) in [5.74, 6) is -0.491. The minimum absolute atomic E-state index is 0.0234. The van der Waals surface area contributed by atoms with Gasteiger partial charge in [0.25, 0.3) is 11.6 Å². The van der Waals surface area contributed by atoms with Crippen LogP contribution >= 0.6 is 0 Å². The van der Waals surface area contributed by atoms with Crippen LogP contribution in [0.25, 0.3) is 0 Å². The number of methoxy groups -OCH3 is 1. The summed E-state index contributed by atoms with van der Waals surface area (Å²) in [4.78, 5) is 23.3. The molecule has 2 rings (SSSR count). The van der Waals surface area contributed by atoms with E-state index in [2.05, 4.69) is 5.32 Å². The Morgan fingerprint density at radius 3 is 2.62 bits per heavy atom. The summed E-state index contributed by atoms with van der Waals surface area (Å²) in [7, 11) is 3.23. The number of non-ortho nitro benzene ring substituents is 1. The van der Waals surface area contributed by atoms with E-state index >= 15 is 0 Å². The second kappa shape index (κ2) is 8.39. The van der Waals surface area contributed by atoms with Gasteiger partial charge >= 0.3 is 0 Å². The molecular weight excluding hydrogens is 341 g/mol. The monoisotopic (exact) mass is 362 g/mol. The third-order valence-electron chi connectivity index (χ3n) is 3.88. The van der Waals surface area contributed by atoms with Gasteiger partial charge < -0.3 is 15.0 Å². The van der Waals surface area contributed by atoms with Crippen molar-refractivity contribution in [3.63, 3.8) is 0 Å². The average molecular weight is 362 g/mol. The highest BCUT2D eigenvalue weighted by atomic mass is 19.1. The van der Waals surface area contributed by atoms with E-state index in [9.17, 15) is 19.3 Å². The van der Waals surface area contributed by atoms with Crippen molar-refractivity contribution in [1.29, 1.82) is 0 Å². The van der Waals surface area contributed by atoms with Crippen molar-refractivity contribution < 1.29 is 23.7 Å². The Morgan fingerprint density at radius 1 is 1.31 bits per heavy atom. The molecule has 0 saturated carbocycles. The van der Waals surface area contributed by atoms with Crippen molar-refractivity contribution in [3.8, 4) is 5.75 Å². The lowest BCUT2D eigenvalue weighted by atomic mass is 10.1. The number of likely N-dealkylation sites (N-methyl/N-ethyl adjacent to an activating group) is 1. The van der Waals surface area contributed by atoms with Gasteiger partial charge in [0.15, 0.2) is 18.1 Å². The van der Waals surface area contributed by atoms with Crippen LogP contribution in [-0.4, -0.2) is 31.5 Å². The van der Waals surface area contributed by atoms with E-state index in [1.165, 1.54) is 31.4 Å². The summed E-state index contributed by atoms with van der Waals surface area (Å²) in [6, 6.07) is 8.97. The van der Waals surface area contributed by atoms with Gasteiger partial charge in [0.2, 0.25) is 0 Å². The van der Waals surface area contributed by atoms with E-state index in [4.69, 9.17) is 4.74 Å². The lowest BCUT2D eigenvalue weighted by molar-refractivity contribution is -0.885. The minimum atomic E-state index is -0.482. The highest BCUT2D eigenvalue weighted by Crippen LogP contribution is 2.21. The number of halogens is 1. The van der Waals surface area contributed by atoms with Gasteiger partial charge in [-0.3, -0.25) is 14.9 Å². The molecule has 8 heteroatoms. The first-order valence-corrected chi connectivity index (χ1v) is 7.98. The second-order valence-electron chi connectivity index (χ2n) is 6.08. The molecule has 0 heterocycles. The molecule has 0 bridgehead atoms. The molecule has 26 heavy (non-hydrogen) atoms. The first kappa shape index (κ1) is 19.3. The van der Waals surface area contributed by atoms with Gasteiger partial charge in [0.1, 0.15) is 6.54 Å². The fraction of sp³-hybridized carbons (Fsp3) is 0.278. The van der Waals surface area contributed by atoms with Crippen LogP contribution in [0.15, 0.2) is 36.4 Å². The smallest absolute Gasteiger partial charge is 0.279 e. The number of nitro benzene ring substituents is 1. The number of carbonyl (C=O) groups is 1.